The van der Waals surface area contributed by atoms with Gasteiger partial charge >= 0.3 is 0 Å². The molecule has 1 rings (SSSR count). The predicted molar refractivity (Wildman–Crippen MR) is 34.2 cm³/mol. The molecule has 1 aromatic heterocycles. The molecule has 4 heteroatoms. The molecule has 1 aromatic rings. The fraction of sp³-hybridized carbons (Fsp3) is 0.200. The predicted octanol–water partition coefficient (Wildman–Crippen LogP) is 1.45. The molecular formula is C5H6N2PdS. The van der Waals surface area contributed by atoms with E-state index >= 15 is 0 Å². The summed E-state index contributed by atoms with van der Waals surface area (Å²) in [5.41, 5.74) is 1.05. The third-order valence-corrected chi connectivity index (χ3v) is 1.03. The van der Waals surface area contributed by atoms with Gasteiger partial charge in [-0.3, -0.25) is 0 Å². The van der Waals surface area contributed by atoms with Crippen molar-refractivity contribution in [2.75, 3.05) is 0 Å². The summed E-state index contributed by atoms with van der Waals surface area (Å²) in [5, 5.41) is 0. The summed E-state index contributed by atoms with van der Waals surface area (Å²) < 4.78 is 0.546. The number of nitrogens with zero attached hydrogens (tertiary/aromatic N) is 1. The van der Waals surface area contributed by atoms with Crippen LogP contribution in [0.1, 0.15) is 5.69 Å². The van der Waals surface area contributed by atoms with E-state index < -0.39 is 0 Å². The summed E-state index contributed by atoms with van der Waals surface area (Å²) in [6, 6.07) is 1.87. The quantitative estimate of drug-likeness (QED) is 0.542. The normalized spacial score (nSPS) is 8.11. The Kier molecular flexibility index (Phi) is 3.87. The van der Waals surface area contributed by atoms with Crippen LogP contribution in [0.2, 0.25) is 0 Å². The van der Waals surface area contributed by atoms with Gasteiger partial charge in [0.15, 0.2) is 4.77 Å². The van der Waals surface area contributed by atoms with Gasteiger partial charge in [-0.2, -0.15) is 0 Å². The van der Waals surface area contributed by atoms with Crippen LogP contribution < -0.4 is 0 Å². The zero-order valence-corrected chi connectivity index (χ0v) is 7.20. The molecule has 0 bridgehead atoms. The number of aromatic amines is 1. The maximum absolute atomic E-state index is 4.73. The Morgan fingerprint density at radius 3 is 2.67 bits per heavy atom. The van der Waals surface area contributed by atoms with Crippen LogP contribution in [0.3, 0.4) is 0 Å². The van der Waals surface area contributed by atoms with E-state index in [0.29, 0.717) is 4.77 Å². The minimum Gasteiger partial charge on any atom is -0.335 e. The Morgan fingerprint density at radius 1 is 1.67 bits per heavy atom. The Hall–Kier alpha value is -0.0377. The van der Waals surface area contributed by atoms with Gasteiger partial charge in [0.05, 0.1) is 0 Å². The third kappa shape index (κ3) is 2.85. The van der Waals surface area contributed by atoms with E-state index in [4.69, 9.17) is 12.2 Å². The molecule has 0 atom stereocenters. The largest absolute Gasteiger partial charge is 0.335 e. The minimum absolute atomic E-state index is 0. The fourth-order valence-corrected chi connectivity index (χ4v) is 0.681. The molecule has 9 heavy (non-hydrogen) atoms. The van der Waals surface area contributed by atoms with Crippen LogP contribution in [0.15, 0.2) is 12.3 Å². The molecule has 1 heterocycles. The number of aryl methyl sites for hydroxylation is 1. The van der Waals surface area contributed by atoms with E-state index in [1.165, 1.54) is 0 Å². The summed E-state index contributed by atoms with van der Waals surface area (Å²) in [7, 11) is 0. The Balaban J connectivity index is 0.000000640. The van der Waals surface area contributed by atoms with Crippen molar-refractivity contribution in [2.45, 2.75) is 6.92 Å². The van der Waals surface area contributed by atoms with Crippen LogP contribution in [0.5, 0.6) is 0 Å². The topological polar surface area (TPSA) is 28.7 Å². The van der Waals surface area contributed by atoms with Gasteiger partial charge in [0.1, 0.15) is 0 Å². The molecule has 0 aliphatic heterocycles. The van der Waals surface area contributed by atoms with E-state index in [-0.39, 0.29) is 20.4 Å². The standard InChI is InChI=1S/C5H6N2S.Pd/c1-4-2-3-6-5(8)7-4;/h2-3H,1H3,(H,6,7,8);. The van der Waals surface area contributed by atoms with Crippen LogP contribution in [0, 0.1) is 11.7 Å². The van der Waals surface area contributed by atoms with Crippen molar-refractivity contribution in [3.05, 3.63) is 22.7 Å². The number of nitrogens with one attached hydrogen (secondary N) is 1. The van der Waals surface area contributed by atoms with Gasteiger partial charge in [0.25, 0.3) is 0 Å². The smallest absolute Gasteiger partial charge is 0.196 e. The number of aromatic nitrogens is 2. The van der Waals surface area contributed by atoms with E-state index in [9.17, 15) is 0 Å². The van der Waals surface area contributed by atoms with Gasteiger partial charge in [0.2, 0.25) is 0 Å². The second-order valence-corrected chi connectivity index (χ2v) is 1.94. The number of hydrogen-bond acceptors (Lipinski definition) is 2. The van der Waals surface area contributed by atoms with Gasteiger partial charge in [0, 0.05) is 32.3 Å². The van der Waals surface area contributed by atoms with Crippen molar-refractivity contribution in [3.63, 3.8) is 0 Å². The van der Waals surface area contributed by atoms with E-state index in [1.807, 2.05) is 13.0 Å². The summed E-state index contributed by atoms with van der Waals surface area (Å²) >= 11 is 4.73. The summed E-state index contributed by atoms with van der Waals surface area (Å²) in [5.74, 6) is 0. The van der Waals surface area contributed by atoms with E-state index in [2.05, 4.69) is 9.97 Å². The average Bonchev–Trinajstić information content (AvgIpc) is 1.64. The van der Waals surface area contributed by atoms with Crippen molar-refractivity contribution >= 4 is 12.2 Å². The summed E-state index contributed by atoms with van der Waals surface area (Å²) in [6.45, 7) is 1.94. The number of hydrogen-bond donors (Lipinski definition) is 1. The first-order chi connectivity index (χ1) is 3.79. The van der Waals surface area contributed by atoms with Gasteiger partial charge in [-0.25, -0.2) is 4.98 Å². The van der Waals surface area contributed by atoms with Crippen LogP contribution in [-0.2, 0) is 20.4 Å². The Bertz CT molecular complexity index is 232. The molecule has 0 unspecified atom stereocenters. The summed E-state index contributed by atoms with van der Waals surface area (Å²) in [6.07, 6.45) is 1.69. The monoisotopic (exact) mass is 232 g/mol. The molecule has 1 N–H and O–H groups in total. The maximum atomic E-state index is 4.73. The summed E-state index contributed by atoms with van der Waals surface area (Å²) in [4.78, 5) is 6.67. The Labute approximate surface area is 72.4 Å². The number of rotatable bonds is 0. The first-order valence-electron chi connectivity index (χ1n) is 2.31. The Morgan fingerprint density at radius 2 is 2.33 bits per heavy atom. The van der Waals surface area contributed by atoms with Gasteiger partial charge in [-0.1, -0.05) is 0 Å². The zero-order chi connectivity index (χ0) is 5.98. The molecule has 0 fully saturated rings. The fourth-order valence-electron chi connectivity index (χ4n) is 0.459. The van der Waals surface area contributed by atoms with Crippen molar-refractivity contribution in [1.82, 2.24) is 9.97 Å². The van der Waals surface area contributed by atoms with Crippen LogP contribution in [0.4, 0.5) is 0 Å². The van der Waals surface area contributed by atoms with E-state index in [1.54, 1.807) is 6.20 Å². The molecule has 0 amide bonds. The first-order valence-corrected chi connectivity index (χ1v) is 2.72. The van der Waals surface area contributed by atoms with Crippen molar-refractivity contribution in [1.29, 1.82) is 0 Å². The second kappa shape index (κ2) is 3.89. The van der Waals surface area contributed by atoms with Gasteiger partial charge in [-0.15, -0.1) is 0 Å². The molecule has 0 saturated heterocycles. The van der Waals surface area contributed by atoms with E-state index in [0.717, 1.165) is 5.69 Å². The van der Waals surface area contributed by atoms with Crippen molar-refractivity contribution in [2.24, 2.45) is 0 Å². The zero-order valence-electron chi connectivity index (χ0n) is 4.83. The molecular weight excluding hydrogens is 227 g/mol. The third-order valence-electron chi connectivity index (χ3n) is 0.820. The van der Waals surface area contributed by atoms with Crippen LogP contribution >= 0.6 is 12.2 Å². The SMILES string of the molecule is Cc1ccnc(=S)[nH]1.[Pd]. The maximum Gasteiger partial charge on any atom is 0.196 e. The van der Waals surface area contributed by atoms with Crippen LogP contribution in [0.25, 0.3) is 0 Å². The van der Waals surface area contributed by atoms with Gasteiger partial charge in [-0.05, 0) is 25.2 Å². The molecule has 52 valence electrons. The molecule has 2 nitrogen and oxygen atoms in total. The van der Waals surface area contributed by atoms with Crippen LogP contribution in [-0.4, -0.2) is 9.97 Å². The molecule has 0 aliphatic carbocycles. The second-order valence-electron chi connectivity index (χ2n) is 1.56. The number of H-pyrrole nitrogens is 1. The minimum atomic E-state index is 0. The van der Waals surface area contributed by atoms with Crippen molar-refractivity contribution < 1.29 is 20.4 Å². The molecule has 0 aromatic carbocycles. The van der Waals surface area contributed by atoms with Crippen molar-refractivity contribution in [3.8, 4) is 0 Å². The molecule has 0 spiro atoms. The molecule has 0 radical (unpaired) electrons. The van der Waals surface area contributed by atoms with Gasteiger partial charge < -0.3 is 4.98 Å². The first kappa shape index (κ1) is 8.96. The molecule has 0 aliphatic rings. The molecule has 0 saturated carbocycles. The average molecular weight is 233 g/mol.